The van der Waals surface area contributed by atoms with Crippen LogP contribution in [-0.2, 0) is 4.79 Å². The zero-order chi connectivity index (χ0) is 16.1. The third-order valence-corrected chi connectivity index (χ3v) is 4.74. The molecule has 4 nitrogen and oxygen atoms in total. The van der Waals surface area contributed by atoms with Gasteiger partial charge in [0, 0.05) is 18.3 Å². The van der Waals surface area contributed by atoms with Gasteiger partial charge >= 0.3 is 0 Å². The molecule has 0 saturated heterocycles. The zero-order valence-corrected chi connectivity index (χ0v) is 15.6. The van der Waals surface area contributed by atoms with Crippen molar-refractivity contribution in [1.82, 2.24) is 10.3 Å². The van der Waals surface area contributed by atoms with Crippen molar-refractivity contribution >= 4 is 30.7 Å². The Bertz CT molecular complexity index is 600. The number of carbonyl (C=O) groups excluding carboxylic acids is 1. The Morgan fingerprint density at radius 1 is 1.12 bits per heavy atom. The summed E-state index contributed by atoms with van der Waals surface area (Å²) in [7, 11) is 0. The van der Waals surface area contributed by atoms with E-state index in [1.165, 1.54) is 0 Å². The first-order valence-electron chi connectivity index (χ1n) is 8.25. The van der Waals surface area contributed by atoms with E-state index in [2.05, 4.69) is 10.3 Å². The van der Waals surface area contributed by atoms with Gasteiger partial charge in [0.05, 0.1) is 6.04 Å². The largest absolute Gasteiger partial charge is 0.345 e. The highest BCUT2D eigenvalue weighted by Gasteiger charge is 2.33. The van der Waals surface area contributed by atoms with Gasteiger partial charge in [0.25, 0.3) is 0 Å². The molecule has 3 atom stereocenters. The van der Waals surface area contributed by atoms with Crippen LogP contribution in [0.2, 0.25) is 0 Å². The van der Waals surface area contributed by atoms with Crippen LogP contribution >= 0.6 is 24.8 Å². The highest BCUT2D eigenvalue weighted by molar-refractivity contribution is 5.85. The van der Waals surface area contributed by atoms with Crippen molar-refractivity contribution in [3.05, 3.63) is 66.0 Å². The Balaban J connectivity index is 0.00000156. The van der Waals surface area contributed by atoms with Gasteiger partial charge in [-0.1, -0.05) is 42.8 Å². The Morgan fingerprint density at radius 2 is 1.84 bits per heavy atom. The molecule has 1 aromatic heterocycles. The lowest BCUT2D eigenvalue weighted by atomic mass is 9.93. The standard InChI is InChI=1S/C19H23N3O.2ClH/c20-12-15-8-4-10-17(15)19(23)22-18(14-6-2-1-3-7-14)16-9-5-11-21-13-16;;/h1-3,5-7,9,11,13,15,17-18H,4,8,10,12,20H2,(H,22,23);2*1H/t15-,17-,18?;;/m1../s1. The third-order valence-electron chi connectivity index (χ3n) is 4.74. The average Bonchev–Trinajstić information content (AvgIpc) is 3.10. The lowest BCUT2D eigenvalue weighted by molar-refractivity contribution is -0.126. The molecule has 1 heterocycles. The molecule has 0 aliphatic heterocycles. The average molecular weight is 382 g/mol. The van der Waals surface area contributed by atoms with Crippen molar-refractivity contribution in [2.45, 2.75) is 25.3 Å². The normalized spacial score (nSPS) is 20.0. The summed E-state index contributed by atoms with van der Waals surface area (Å²) in [5, 5.41) is 3.22. The van der Waals surface area contributed by atoms with Gasteiger partial charge in [-0.15, -0.1) is 24.8 Å². The molecule has 1 unspecified atom stereocenters. The Hall–Kier alpha value is -1.62. The van der Waals surface area contributed by atoms with Gasteiger partial charge < -0.3 is 11.1 Å². The molecule has 0 bridgehead atoms. The van der Waals surface area contributed by atoms with E-state index in [0.717, 1.165) is 30.4 Å². The summed E-state index contributed by atoms with van der Waals surface area (Å²) in [5.74, 6) is 0.443. The second kappa shape index (κ2) is 10.4. The number of halogens is 2. The maximum atomic E-state index is 12.8. The number of benzene rings is 1. The molecule has 0 radical (unpaired) electrons. The lowest BCUT2D eigenvalue weighted by Gasteiger charge is -2.24. The van der Waals surface area contributed by atoms with E-state index < -0.39 is 0 Å². The van der Waals surface area contributed by atoms with Crippen molar-refractivity contribution in [1.29, 1.82) is 0 Å². The maximum Gasteiger partial charge on any atom is 0.224 e. The van der Waals surface area contributed by atoms with Gasteiger partial charge in [-0.25, -0.2) is 0 Å². The van der Waals surface area contributed by atoms with Crippen LogP contribution < -0.4 is 11.1 Å². The SMILES string of the molecule is Cl.Cl.NC[C@H]1CCC[C@H]1C(=O)NC(c1ccccc1)c1cccnc1. The number of carbonyl (C=O) groups is 1. The lowest BCUT2D eigenvalue weighted by Crippen LogP contribution is -2.37. The molecule has 1 saturated carbocycles. The van der Waals surface area contributed by atoms with Gasteiger partial charge in [0.1, 0.15) is 0 Å². The fourth-order valence-corrected chi connectivity index (χ4v) is 3.46. The van der Waals surface area contributed by atoms with Crippen LogP contribution in [0.5, 0.6) is 0 Å². The number of nitrogens with zero attached hydrogens (tertiary/aromatic N) is 1. The number of nitrogens with two attached hydrogens (primary N) is 1. The number of nitrogens with one attached hydrogen (secondary N) is 1. The van der Waals surface area contributed by atoms with Gasteiger partial charge in [-0.2, -0.15) is 0 Å². The topological polar surface area (TPSA) is 68.0 Å². The van der Waals surface area contributed by atoms with E-state index in [1.54, 1.807) is 6.20 Å². The van der Waals surface area contributed by atoms with Crippen LogP contribution in [0.3, 0.4) is 0 Å². The fraction of sp³-hybridized carbons (Fsp3) is 0.368. The van der Waals surface area contributed by atoms with E-state index in [1.807, 2.05) is 48.7 Å². The van der Waals surface area contributed by atoms with Gasteiger partial charge in [0.2, 0.25) is 5.91 Å². The van der Waals surface area contributed by atoms with E-state index in [-0.39, 0.29) is 42.7 Å². The van der Waals surface area contributed by atoms with Gasteiger partial charge in [-0.3, -0.25) is 9.78 Å². The first-order chi connectivity index (χ1) is 11.3. The minimum absolute atomic E-state index is 0. The van der Waals surface area contributed by atoms with Crippen LogP contribution in [-0.4, -0.2) is 17.4 Å². The summed E-state index contributed by atoms with van der Waals surface area (Å²) in [6, 6.07) is 13.8. The van der Waals surface area contributed by atoms with Crippen LogP contribution in [0, 0.1) is 11.8 Å². The highest BCUT2D eigenvalue weighted by Crippen LogP contribution is 2.32. The highest BCUT2D eigenvalue weighted by atomic mass is 35.5. The first-order valence-corrected chi connectivity index (χ1v) is 8.25. The number of rotatable bonds is 5. The molecule has 3 N–H and O–H groups in total. The monoisotopic (exact) mass is 381 g/mol. The number of aromatic nitrogens is 1. The molecule has 1 aromatic carbocycles. The Morgan fingerprint density at radius 3 is 2.48 bits per heavy atom. The van der Waals surface area contributed by atoms with Gasteiger partial charge in [0.15, 0.2) is 0 Å². The van der Waals surface area contributed by atoms with Gasteiger partial charge in [-0.05, 0) is 42.5 Å². The van der Waals surface area contributed by atoms with E-state index in [9.17, 15) is 4.79 Å². The number of pyridine rings is 1. The Kier molecular flexibility index (Phi) is 8.90. The molecule has 1 fully saturated rings. The molecule has 1 amide bonds. The molecule has 1 aliphatic rings. The van der Waals surface area contributed by atoms with Crippen molar-refractivity contribution in [3.8, 4) is 0 Å². The van der Waals surface area contributed by atoms with Crippen LogP contribution in [0.4, 0.5) is 0 Å². The second-order valence-corrected chi connectivity index (χ2v) is 6.17. The number of amides is 1. The van der Waals surface area contributed by atoms with Crippen LogP contribution in [0.15, 0.2) is 54.9 Å². The molecule has 2 aromatic rings. The van der Waals surface area contributed by atoms with Crippen molar-refractivity contribution in [2.24, 2.45) is 17.6 Å². The quantitative estimate of drug-likeness (QED) is 0.832. The summed E-state index contributed by atoms with van der Waals surface area (Å²) < 4.78 is 0. The second-order valence-electron chi connectivity index (χ2n) is 6.17. The predicted molar refractivity (Wildman–Crippen MR) is 105 cm³/mol. The van der Waals surface area contributed by atoms with Crippen molar-refractivity contribution in [2.75, 3.05) is 6.54 Å². The van der Waals surface area contributed by atoms with Crippen molar-refractivity contribution in [3.63, 3.8) is 0 Å². The summed E-state index contributed by atoms with van der Waals surface area (Å²) in [6.45, 7) is 0.584. The Labute approximate surface area is 161 Å². The fourth-order valence-electron chi connectivity index (χ4n) is 3.46. The molecular formula is C19H25Cl2N3O. The summed E-state index contributed by atoms with van der Waals surface area (Å²) in [6.07, 6.45) is 6.63. The number of hydrogen-bond donors (Lipinski definition) is 2. The zero-order valence-electron chi connectivity index (χ0n) is 14.0. The summed E-state index contributed by atoms with van der Waals surface area (Å²) in [4.78, 5) is 17.0. The van der Waals surface area contributed by atoms with E-state index in [4.69, 9.17) is 5.73 Å². The predicted octanol–water partition coefficient (Wildman–Crippen LogP) is 3.51. The molecule has 6 heteroatoms. The smallest absolute Gasteiger partial charge is 0.224 e. The number of hydrogen-bond acceptors (Lipinski definition) is 3. The first kappa shape index (κ1) is 21.4. The minimum Gasteiger partial charge on any atom is -0.345 e. The van der Waals surface area contributed by atoms with Crippen molar-refractivity contribution < 1.29 is 4.79 Å². The summed E-state index contributed by atoms with van der Waals surface area (Å²) in [5.41, 5.74) is 7.89. The minimum atomic E-state index is -0.170. The maximum absolute atomic E-state index is 12.8. The van der Waals surface area contributed by atoms with E-state index >= 15 is 0 Å². The molecule has 136 valence electrons. The molecule has 1 aliphatic carbocycles. The molecule has 3 rings (SSSR count). The van der Waals surface area contributed by atoms with Crippen LogP contribution in [0.25, 0.3) is 0 Å². The third kappa shape index (κ3) is 5.18. The summed E-state index contributed by atoms with van der Waals surface area (Å²) >= 11 is 0. The molecule has 25 heavy (non-hydrogen) atoms. The van der Waals surface area contributed by atoms with E-state index in [0.29, 0.717) is 12.5 Å². The molecule has 0 spiro atoms. The molecular weight excluding hydrogens is 357 g/mol. The van der Waals surface area contributed by atoms with Crippen LogP contribution in [0.1, 0.15) is 36.4 Å².